The Morgan fingerprint density at radius 3 is 2.62 bits per heavy atom. The summed E-state index contributed by atoms with van der Waals surface area (Å²) < 4.78 is 11.1. The largest absolute Gasteiger partial charge is 0.469 e. The van der Waals surface area contributed by atoms with E-state index in [1.165, 1.54) is 0 Å². The smallest absolute Gasteiger partial charge is 0.183 e. The minimum atomic E-state index is -1.37. The van der Waals surface area contributed by atoms with Crippen molar-refractivity contribution in [3.8, 4) is 0 Å². The van der Waals surface area contributed by atoms with E-state index in [9.17, 15) is 0 Å². The minimum Gasteiger partial charge on any atom is -0.469 e. The lowest BCUT2D eigenvalue weighted by molar-refractivity contribution is 0.273. The Balaban J connectivity index is 2.39. The molecule has 2 nitrogen and oxygen atoms in total. The van der Waals surface area contributed by atoms with E-state index in [0.717, 1.165) is 12.4 Å². The van der Waals surface area contributed by atoms with Crippen LogP contribution in [0.2, 0.25) is 19.6 Å². The maximum absolute atomic E-state index is 5.79. The highest BCUT2D eigenvalue weighted by molar-refractivity contribution is 6.69. The molecule has 0 N–H and O–H groups in total. The van der Waals surface area contributed by atoms with Gasteiger partial charge in [-0.05, 0) is 31.8 Å². The van der Waals surface area contributed by atoms with Crippen LogP contribution in [0.25, 0.3) is 0 Å². The first-order valence-electron chi connectivity index (χ1n) is 4.66. The summed E-state index contributed by atoms with van der Waals surface area (Å²) in [5, 5.41) is 0. The summed E-state index contributed by atoms with van der Waals surface area (Å²) in [6.45, 7) is 9.48. The SMILES string of the molecule is CC(CO[Si](C)(C)C)c1ccco1. The van der Waals surface area contributed by atoms with Crippen LogP contribution in [0.5, 0.6) is 0 Å². The standard InChI is InChI=1S/C10H18O2Si/c1-9(8-12-13(2,3)4)10-6-5-7-11-10/h5-7,9H,8H2,1-4H3. The highest BCUT2D eigenvalue weighted by atomic mass is 28.4. The van der Waals surface area contributed by atoms with Crippen LogP contribution < -0.4 is 0 Å². The molecule has 1 atom stereocenters. The number of rotatable bonds is 4. The number of furan rings is 1. The van der Waals surface area contributed by atoms with Gasteiger partial charge in [-0.2, -0.15) is 0 Å². The van der Waals surface area contributed by atoms with Crippen LogP contribution in [-0.4, -0.2) is 14.9 Å². The van der Waals surface area contributed by atoms with Gasteiger partial charge in [0.05, 0.1) is 6.26 Å². The highest BCUT2D eigenvalue weighted by Crippen LogP contribution is 2.17. The van der Waals surface area contributed by atoms with E-state index in [-0.39, 0.29) is 0 Å². The van der Waals surface area contributed by atoms with Crippen LogP contribution in [0.4, 0.5) is 0 Å². The normalized spacial score (nSPS) is 14.5. The zero-order valence-electron chi connectivity index (χ0n) is 8.83. The van der Waals surface area contributed by atoms with E-state index in [0.29, 0.717) is 5.92 Å². The van der Waals surface area contributed by atoms with Gasteiger partial charge in [0.15, 0.2) is 8.32 Å². The molecule has 0 radical (unpaired) electrons. The van der Waals surface area contributed by atoms with Crippen molar-refractivity contribution in [1.82, 2.24) is 0 Å². The van der Waals surface area contributed by atoms with Gasteiger partial charge in [-0.3, -0.25) is 0 Å². The molecule has 0 amide bonds. The number of hydrogen-bond donors (Lipinski definition) is 0. The van der Waals surface area contributed by atoms with E-state index in [1.54, 1.807) is 6.26 Å². The second kappa shape index (κ2) is 4.11. The van der Waals surface area contributed by atoms with Gasteiger partial charge in [-0.1, -0.05) is 6.92 Å². The predicted molar refractivity (Wildman–Crippen MR) is 56.4 cm³/mol. The van der Waals surface area contributed by atoms with Gasteiger partial charge in [-0.15, -0.1) is 0 Å². The molecule has 13 heavy (non-hydrogen) atoms. The maximum atomic E-state index is 5.79. The Hall–Kier alpha value is -0.543. The van der Waals surface area contributed by atoms with E-state index in [2.05, 4.69) is 26.6 Å². The van der Waals surface area contributed by atoms with Gasteiger partial charge >= 0.3 is 0 Å². The molecule has 1 rings (SSSR count). The monoisotopic (exact) mass is 198 g/mol. The first-order valence-corrected chi connectivity index (χ1v) is 8.07. The quantitative estimate of drug-likeness (QED) is 0.693. The van der Waals surface area contributed by atoms with Crippen molar-refractivity contribution in [3.05, 3.63) is 24.2 Å². The van der Waals surface area contributed by atoms with Crippen LogP contribution >= 0.6 is 0 Å². The molecule has 0 saturated carbocycles. The van der Waals surface area contributed by atoms with Crippen molar-refractivity contribution < 1.29 is 8.84 Å². The second-order valence-electron chi connectivity index (χ2n) is 4.34. The molecule has 0 aliphatic rings. The molecule has 0 fully saturated rings. The average Bonchev–Trinajstić information content (AvgIpc) is 2.50. The van der Waals surface area contributed by atoms with Crippen LogP contribution in [0, 0.1) is 0 Å². The van der Waals surface area contributed by atoms with Gasteiger partial charge in [0.25, 0.3) is 0 Å². The van der Waals surface area contributed by atoms with Crippen molar-refractivity contribution in [1.29, 1.82) is 0 Å². The van der Waals surface area contributed by atoms with Crippen LogP contribution in [0.15, 0.2) is 22.8 Å². The molecule has 1 heterocycles. The molecule has 0 bridgehead atoms. The second-order valence-corrected chi connectivity index (χ2v) is 8.85. The Kier molecular flexibility index (Phi) is 3.33. The summed E-state index contributed by atoms with van der Waals surface area (Å²) in [5.74, 6) is 1.37. The molecule has 74 valence electrons. The van der Waals surface area contributed by atoms with Gasteiger partial charge in [0.2, 0.25) is 0 Å². The fourth-order valence-electron chi connectivity index (χ4n) is 1.03. The molecule has 0 aromatic carbocycles. The molecular formula is C10H18O2Si. The third-order valence-electron chi connectivity index (χ3n) is 1.80. The molecule has 0 saturated heterocycles. The molecule has 0 spiro atoms. The minimum absolute atomic E-state index is 0.363. The summed E-state index contributed by atoms with van der Waals surface area (Å²) in [4.78, 5) is 0. The number of hydrogen-bond acceptors (Lipinski definition) is 2. The molecule has 3 heteroatoms. The topological polar surface area (TPSA) is 22.4 Å². The van der Waals surface area contributed by atoms with E-state index in [1.807, 2.05) is 12.1 Å². The van der Waals surface area contributed by atoms with Gasteiger partial charge in [0.1, 0.15) is 5.76 Å². The lowest BCUT2D eigenvalue weighted by Gasteiger charge is -2.19. The lowest BCUT2D eigenvalue weighted by Crippen LogP contribution is -2.27. The Bertz CT molecular complexity index is 236. The fourth-order valence-corrected chi connectivity index (χ4v) is 1.78. The van der Waals surface area contributed by atoms with Gasteiger partial charge in [0, 0.05) is 12.5 Å². The summed E-state index contributed by atoms with van der Waals surface area (Å²) in [6.07, 6.45) is 1.71. The zero-order valence-corrected chi connectivity index (χ0v) is 9.83. The summed E-state index contributed by atoms with van der Waals surface area (Å²) in [7, 11) is -1.37. The van der Waals surface area contributed by atoms with Crippen molar-refractivity contribution in [2.45, 2.75) is 32.5 Å². The highest BCUT2D eigenvalue weighted by Gasteiger charge is 2.17. The van der Waals surface area contributed by atoms with Crippen LogP contribution in [0.3, 0.4) is 0 Å². The fraction of sp³-hybridized carbons (Fsp3) is 0.600. The Morgan fingerprint density at radius 1 is 1.46 bits per heavy atom. The Morgan fingerprint density at radius 2 is 2.15 bits per heavy atom. The van der Waals surface area contributed by atoms with Crippen molar-refractivity contribution in [3.63, 3.8) is 0 Å². The predicted octanol–water partition coefficient (Wildman–Crippen LogP) is 3.23. The lowest BCUT2D eigenvalue weighted by atomic mass is 10.1. The molecule has 0 aliphatic carbocycles. The molecule has 1 aromatic heterocycles. The zero-order chi connectivity index (χ0) is 9.90. The van der Waals surface area contributed by atoms with Crippen LogP contribution in [-0.2, 0) is 4.43 Å². The molecular weight excluding hydrogens is 180 g/mol. The summed E-state index contributed by atoms with van der Waals surface area (Å²) >= 11 is 0. The molecule has 1 aromatic rings. The van der Waals surface area contributed by atoms with E-state index >= 15 is 0 Å². The van der Waals surface area contributed by atoms with Crippen molar-refractivity contribution >= 4 is 8.32 Å². The first kappa shape index (κ1) is 10.5. The van der Waals surface area contributed by atoms with Crippen LogP contribution in [0.1, 0.15) is 18.6 Å². The first-order chi connectivity index (χ1) is 5.99. The molecule has 1 unspecified atom stereocenters. The van der Waals surface area contributed by atoms with E-state index in [4.69, 9.17) is 8.84 Å². The third-order valence-corrected chi connectivity index (χ3v) is 2.83. The molecule has 0 aliphatic heterocycles. The third kappa shape index (κ3) is 3.78. The van der Waals surface area contributed by atoms with Gasteiger partial charge in [-0.25, -0.2) is 0 Å². The van der Waals surface area contributed by atoms with E-state index < -0.39 is 8.32 Å². The maximum Gasteiger partial charge on any atom is 0.183 e. The van der Waals surface area contributed by atoms with Crippen molar-refractivity contribution in [2.24, 2.45) is 0 Å². The van der Waals surface area contributed by atoms with Gasteiger partial charge < -0.3 is 8.84 Å². The summed E-state index contributed by atoms with van der Waals surface area (Å²) in [6, 6.07) is 3.92. The van der Waals surface area contributed by atoms with Crippen molar-refractivity contribution in [2.75, 3.05) is 6.61 Å². The Labute approximate surface area is 81.0 Å². The summed E-state index contributed by atoms with van der Waals surface area (Å²) in [5.41, 5.74) is 0. The average molecular weight is 198 g/mol.